The largest absolute Gasteiger partial charge is 0.119 e. The fourth-order valence-electron chi connectivity index (χ4n) is 0.577. The second-order valence-corrected chi connectivity index (χ2v) is 3.15. The summed E-state index contributed by atoms with van der Waals surface area (Å²) < 4.78 is 0. The van der Waals surface area contributed by atoms with Crippen LogP contribution in [0.2, 0.25) is 0 Å². The minimum atomic E-state index is 0.0930. The Morgan fingerprint density at radius 2 is 2.27 bits per heavy atom. The van der Waals surface area contributed by atoms with E-state index in [9.17, 15) is 0 Å². The molecule has 0 aromatic heterocycles. The lowest BCUT2D eigenvalue weighted by molar-refractivity contribution is 0.828. The third kappa shape index (κ3) is 9.59. The Morgan fingerprint density at radius 3 is 2.82 bits per heavy atom. The summed E-state index contributed by atoms with van der Waals surface area (Å²) in [6, 6.07) is 0. The van der Waals surface area contributed by atoms with Crippen LogP contribution in [0.3, 0.4) is 0 Å². The minimum Gasteiger partial charge on any atom is -0.119 e. The molecule has 0 saturated carbocycles. The van der Waals surface area contributed by atoms with Crippen LogP contribution in [-0.4, -0.2) is 5.38 Å². The fraction of sp³-hybridized carbons (Fsp3) is 0.600. The summed E-state index contributed by atoms with van der Waals surface area (Å²) in [6.07, 6.45) is 7.12. The van der Waals surface area contributed by atoms with E-state index in [1.807, 2.05) is 19.1 Å². The van der Waals surface area contributed by atoms with Crippen LogP contribution in [0.25, 0.3) is 0 Å². The van der Waals surface area contributed by atoms with Crippen LogP contribution in [0.15, 0.2) is 12.2 Å². The highest BCUT2D eigenvalue weighted by molar-refractivity contribution is 6.21. The summed E-state index contributed by atoms with van der Waals surface area (Å²) in [7, 11) is 0. The molecule has 0 fully saturated rings. The first-order chi connectivity index (χ1) is 5.27. The Bertz CT molecular complexity index is 157. The van der Waals surface area contributed by atoms with Crippen LogP contribution in [0.4, 0.5) is 0 Å². The topological polar surface area (TPSA) is 0 Å². The molecule has 0 saturated heterocycles. The van der Waals surface area contributed by atoms with E-state index < -0.39 is 0 Å². The molecule has 0 aliphatic rings. The lowest BCUT2D eigenvalue weighted by Crippen LogP contribution is -1.78. The molecule has 0 nitrogen and oxygen atoms in total. The molecule has 0 bridgehead atoms. The van der Waals surface area contributed by atoms with Crippen molar-refractivity contribution in [3.63, 3.8) is 0 Å². The maximum absolute atomic E-state index is 5.66. The number of alkyl halides is 1. The van der Waals surface area contributed by atoms with Gasteiger partial charge in [0.15, 0.2) is 0 Å². The van der Waals surface area contributed by atoms with Gasteiger partial charge in [0.25, 0.3) is 0 Å². The molecular formula is C10H15Cl. The second kappa shape index (κ2) is 7.69. The predicted molar refractivity (Wildman–Crippen MR) is 51.8 cm³/mol. The molecule has 62 valence electrons. The molecule has 0 heterocycles. The third-order valence-corrected chi connectivity index (χ3v) is 1.35. The molecule has 0 amide bonds. The molecule has 0 radical (unpaired) electrons. The van der Waals surface area contributed by atoms with Gasteiger partial charge >= 0.3 is 0 Å². The van der Waals surface area contributed by atoms with E-state index in [2.05, 4.69) is 18.8 Å². The van der Waals surface area contributed by atoms with E-state index in [0.717, 1.165) is 6.42 Å². The smallest absolute Gasteiger partial charge is 0.0496 e. The van der Waals surface area contributed by atoms with Gasteiger partial charge in [0, 0.05) is 11.8 Å². The maximum atomic E-state index is 5.66. The Balaban J connectivity index is 3.39. The zero-order chi connectivity index (χ0) is 8.53. The third-order valence-electron chi connectivity index (χ3n) is 1.20. The number of hydrogen-bond donors (Lipinski definition) is 0. The first kappa shape index (κ1) is 10.6. The molecule has 0 rings (SSSR count). The lowest BCUT2D eigenvalue weighted by Gasteiger charge is -1.85. The van der Waals surface area contributed by atoms with E-state index in [4.69, 9.17) is 11.6 Å². The summed E-state index contributed by atoms with van der Waals surface area (Å²) in [5.74, 6) is 5.98. The van der Waals surface area contributed by atoms with Gasteiger partial charge in [-0.15, -0.1) is 11.6 Å². The monoisotopic (exact) mass is 170 g/mol. The van der Waals surface area contributed by atoms with Crippen LogP contribution in [0.1, 0.15) is 33.1 Å². The van der Waals surface area contributed by atoms with Gasteiger partial charge in [-0.1, -0.05) is 31.3 Å². The van der Waals surface area contributed by atoms with Crippen molar-refractivity contribution in [1.29, 1.82) is 0 Å². The van der Waals surface area contributed by atoms with E-state index in [1.165, 1.54) is 12.8 Å². The van der Waals surface area contributed by atoms with Gasteiger partial charge in [-0.25, -0.2) is 0 Å². The summed E-state index contributed by atoms with van der Waals surface area (Å²) in [5.41, 5.74) is 0. The number of hydrogen-bond acceptors (Lipinski definition) is 0. The average Bonchev–Trinajstić information content (AvgIpc) is 1.96. The van der Waals surface area contributed by atoms with Gasteiger partial charge in [0.2, 0.25) is 0 Å². The summed E-state index contributed by atoms with van der Waals surface area (Å²) >= 11 is 5.66. The molecule has 1 heteroatoms. The SMILES string of the molecule is CCCCC#C/C=C/C(C)Cl. The summed E-state index contributed by atoms with van der Waals surface area (Å²) in [4.78, 5) is 0. The van der Waals surface area contributed by atoms with Crippen molar-refractivity contribution in [3.8, 4) is 11.8 Å². The van der Waals surface area contributed by atoms with Crippen LogP contribution >= 0.6 is 11.6 Å². The Hall–Kier alpha value is -0.410. The first-order valence-electron chi connectivity index (χ1n) is 4.06. The van der Waals surface area contributed by atoms with E-state index in [0.29, 0.717) is 0 Å². The normalized spacial score (nSPS) is 12.6. The highest BCUT2D eigenvalue weighted by Gasteiger charge is 1.81. The van der Waals surface area contributed by atoms with Crippen molar-refractivity contribution in [1.82, 2.24) is 0 Å². The second-order valence-electron chi connectivity index (χ2n) is 2.46. The molecule has 0 N–H and O–H groups in total. The molecule has 0 aromatic carbocycles. The number of unbranched alkanes of at least 4 members (excludes halogenated alkanes) is 2. The van der Waals surface area contributed by atoms with Gasteiger partial charge < -0.3 is 0 Å². The maximum Gasteiger partial charge on any atom is 0.0496 e. The zero-order valence-electron chi connectivity index (χ0n) is 7.23. The molecule has 0 spiro atoms. The van der Waals surface area contributed by atoms with Crippen molar-refractivity contribution in [2.75, 3.05) is 0 Å². The number of allylic oxidation sites excluding steroid dienone is 2. The van der Waals surface area contributed by atoms with Crippen LogP contribution in [-0.2, 0) is 0 Å². The van der Waals surface area contributed by atoms with Gasteiger partial charge in [-0.3, -0.25) is 0 Å². The highest BCUT2D eigenvalue weighted by Crippen LogP contribution is 1.94. The van der Waals surface area contributed by atoms with Crippen LogP contribution < -0.4 is 0 Å². The lowest BCUT2D eigenvalue weighted by atomic mass is 10.2. The Kier molecular flexibility index (Phi) is 7.41. The Morgan fingerprint density at radius 1 is 1.55 bits per heavy atom. The number of halogens is 1. The van der Waals surface area contributed by atoms with Crippen LogP contribution in [0.5, 0.6) is 0 Å². The first-order valence-corrected chi connectivity index (χ1v) is 4.50. The van der Waals surface area contributed by atoms with Gasteiger partial charge in [0.05, 0.1) is 0 Å². The number of rotatable bonds is 3. The van der Waals surface area contributed by atoms with E-state index in [-0.39, 0.29) is 5.38 Å². The van der Waals surface area contributed by atoms with Gasteiger partial charge in [-0.2, -0.15) is 0 Å². The van der Waals surface area contributed by atoms with Gasteiger partial charge in [0.1, 0.15) is 0 Å². The van der Waals surface area contributed by atoms with Crippen molar-refractivity contribution < 1.29 is 0 Å². The molecule has 0 aromatic rings. The fourth-order valence-corrected chi connectivity index (χ4v) is 0.650. The summed E-state index contributed by atoms with van der Waals surface area (Å²) in [6.45, 7) is 4.09. The van der Waals surface area contributed by atoms with Crippen molar-refractivity contribution >= 4 is 11.6 Å². The standard InChI is InChI=1S/C10H15Cl/c1-3-4-5-6-7-8-9-10(2)11/h8-10H,3-5H2,1-2H3/b9-8+. The van der Waals surface area contributed by atoms with Crippen molar-refractivity contribution in [3.05, 3.63) is 12.2 Å². The van der Waals surface area contributed by atoms with Crippen molar-refractivity contribution in [2.24, 2.45) is 0 Å². The molecule has 0 aliphatic heterocycles. The molecule has 0 aliphatic carbocycles. The van der Waals surface area contributed by atoms with Gasteiger partial charge in [-0.05, 0) is 19.4 Å². The van der Waals surface area contributed by atoms with Crippen molar-refractivity contribution in [2.45, 2.75) is 38.5 Å². The van der Waals surface area contributed by atoms with E-state index in [1.54, 1.807) is 0 Å². The predicted octanol–water partition coefficient (Wildman–Crippen LogP) is 3.36. The molecular weight excluding hydrogens is 156 g/mol. The molecule has 11 heavy (non-hydrogen) atoms. The zero-order valence-corrected chi connectivity index (χ0v) is 7.99. The molecule has 1 atom stereocenters. The van der Waals surface area contributed by atoms with E-state index >= 15 is 0 Å². The molecule has 1 unspecified atom stereocenters. The quantitative estimate of drug-likeness (QED) is 0.346. The Labute approximate surface area is 74.6 Å². The summed E-state index contributed by atoms with van der Waals surface area (Å²) in [5, 5.41) is 0.0930. The minimum absolute atomic E-state index is 0.0930. The average molecular weight is 171 g/mol. The highest BCUT2D eigenvalue weighted by atomic mass is 35.5. The van der Waals surface area contributed by atoms with Crippen LogP contribution in [0, 0.1) is 11.8 Å².